The molecule has 24 heavy (non-hydrogen) atoms. The van der Waals surface area contributed by atoms with Crippen molar-refractivity contribution in [2.24, 2.45) is 4.99 Å². The average molecular weight is 384 g/mol. The summed E-state index contributed by atoms with van der Waals surface area (Å²) in [6.45, 7) is 0. The third-order valence-electron chi connectivity index (χ3n) is 3.34. The third kappa shape index (κ3) is 4.00. The van der Waals surface area contributed by atoms with Crippen molar-refractivity contribution in [2.75, 3.05) is 7.11 Å². The first kappa shape index (κ1) is 16.2. The Kier molecular flexibility index (Phi) is 4.91. The molecule has 5 heteroatoms. The second-order valence-corrected chi connectivity index (χ2v) is 5.94. The van der Waals surface area contributed by atoms with Crippen LogP contribution in [0.2, 0.25) is 0 Å². The van der Waals surface area contributed by atoms with E-state index in [0.717, 1.165) is 21.3 Å². The molecule has 4 nitrogen and oxygen atoms in total. The van der Waals surface area contributed by atoms with Gasteiger partial charge in [0.15, 0.2) is 5.70 Å². The molecule has 0 radical (unpaired) electrons. The molecule has 0 unspecified atom stereocenters. The van der Waals surface area contributed by atoms with E-state index in [9.17, 15) is 4.79 Å². The molecule has 1 heterocycles. The maximum Gasteiger partial charge on any atom is 0.363 e. The number of methoxy groups -OCH3 is 1. The molecule has 2 aromatic rings. The van der Waals surface area contributed by atoms with Gasteiger partial charge in [0.2, 0.25) is 5.90 Å². The highest BCUT2D eigenvalue weighted by Crippen LogP contribution is 2.19. The van der Waals surface area contributed by atoms with Crippen molar-refractivity contribution in [2.45, 2.75) is 0 Å². The Balaban J connectivity index is 1.75. The van der Waals surface area contributed by atoms with Gasteiger partial charge in [-0.2, -0.15) is 0 Å². The van der Waals surface area contributed by atoms with Crippen molar-refractivity contribution in [3.05, 3.63) is 75.9 Å². The van der Waals surface area contributed by atoms with Crippen LogP contribution in [0.5, 0.6) is 5.75 Å². The summed E-state index contributed by atoms with van der Waals surface area (Å²) >= 11 is 3.37. The van der Waals surface area contributed by atoms with Crippen molar-refractivity contribution in [1.82, 2.24) is 0 Å². The van der Waals surface area contributed by atoms with Crippen LogP contribution in [0.1, 0.15) is 11.1 Å². The van der Waals surface area contributed by atoms with E-state index in [0.29, 0.717) is 0 Å². The fourth-order valence-electron chi connectivity index (χ4n) is 2.10. The van der Waals surface area contributed by atoms with Gasteiger partial charge >= 0.3 is 5.97 Å². The minimum absolute atomic E-state index is 0.277. The van der Waals surface area contributed by atoms with Crippen LogP contribution in [-0.2, 0) is 9.53 Å². The van der Waals surface area contributed by atoms with E-state index in [4.69, 9.17) is 9.47 Å². The molecular weight excluding hydrogens is 370 g/mol. The van der Waals surface area contributed by atoms with Crippen LogP contribution in [0, 0.1) is 0 Å². The minimum atomic E-state index is -0.452. The fourth-order valence-corrected chi connectivity index (χ4v) is 2.36. The molecule has 0 aliphatic carbocycles. The summed E-state index contributed by atoms with van der Waals surface area (Å²) in [5, 5.41) is 0. The van der Waals surface area contributed by atoms with Crippen LogP contribution >= 0.6 is 15.9 Å². The number of rotatable bonds is 4. The van der Waals surface area contributed by atoms with Crippen molar-refractivity contribution < 1.29 is 14.3 Å². The molecule has 0 saturated carbocycles. The lowest BCUT2D eigenvalue weighted by atomic mass is 10.2. The van der Waals surface area contributed by atoms with Gasteiger partial charge in [0, 0.05) is 10.5 Å². The van der Waals surface area contributed by atoms with E-state index < -0.39 is 5.97 Å². The first-order valence-electron chi connectivity index (χ1n) is 7.24. The predicted octanol–water partition coefficient (Wildman–Crippen LogP) is 4.47. The minimum Gasteiger partial charge on any atom is -0.497 e. The van der Waals surface area contributed by atoms with Gasteiger partial charge in [0.05, 0.1) is 7.11 Å². The maximum atomic E-state index is 11.9. The zero-order chi connectivity index (χ0) is 16.9. The van der Waals surface area contributed by atoms with Gasteiger partial charge in [-0.05, 0) is 47.5 Å². The van der Waals surface area contributed by atoms with Crippen LogP contribution in [0.4, 0.5) is 0 Å². The maximum absolute atomic E-state index is 11.9. The number of esters is 1. The number of benzene rings is 2. The normalized spacial score (nSPS) is 15.7. The number of nitrogens with zero attached hydrogens (tertiary/aromatic N) is 1. The Hall–Kier alpha value is -2.66. The average Bonchev–Trinajstić information content (AvgIpc) is 2.95. The first-order chi connectivity index (χ1) is 11.6. The van der Waals surface area contributed by atoms with Gasteiger partial charge in [-0.1, -0.05) is 40.2 Å². The summed E-state index contributed by atoms with van der Waals surface area (Å²) in [4.78, 5) is 16.1. The van der Waals surface area contributed by atoms with E-state index in [-0.39, 0.29) is 11.6 Å². The molecule has 0 aromatic heterocycles. The summed E-state index contributed by atoms with van der Waals surface area (Å²) in [5.74, 6) is 0.614. The fraction of sp³-hybridized carbons (Fsp3) is 0.0526. The Bertz CT molecular complexity index is 834. The number of ether oxygens (including phenoxy) is 2. The van der Waals surface area contributed by atoms with Crippen molar-refractivity contribution in [3.63, 3.8) is 0 Å². The van der Waals surface area contributed by atoms with Crippen molar-refractivity contribution >= 4 is 39.9 Å². The molecular formula is C19H14BrNO3. The third-order valence-corrected chi connectivity index (χ3v) is 3.87. The summed E-state index contributed by atoms with van der Waals surface area (Å²) in [6, 6.07) is 15.1. The highest BCUT2D eigenvalue weighted by atomic mass is 79.9. The van der Waals surface area contributed by atoms with Gasteiger partial charge in [-0.3, -0.25) is 0 Å². The van der Waals surface area contributed by atoms with Gasteiger partial charge < -0.3 is 9.47 Å². The molecule has 0 amide bonds. The molecule has 1 aliphatic rings. The standard InChI is InChI=1S/C19H14BrNO3/c1-23-16-9-4-13(5-10-16)6-11-18-21-17(19(22)24-18)12-14-2-7-15(20)8-3-14/h2-12H,1H3/b11-6+,17-12-. The number of halogens is 1. The Morgan fingerprint density at radius 1 is 1.00 bits per heavy atom. The SMILES string of the molecule is COc1ccc(/C=C/C2=NC(=C\c3ccc(Br)cc3)/C(=O)O2)cc1. The van der Waals surface area contributed by atoms with Gasteiger partial charge in [-0.25, -0.2) is 9.79 Å². The van der Waals surface area contributed by atoms with Crippen LogP contribution < -0.4 is 4.74 Å². The molecule has 2 aromatic carbocycles. The van der Waals surface area contributed by atoms with E-state index in [1.54, 1.807) is 19.3 Å². The molecule has 0 N–H and O–H groups in total. The number of carbonyl (C=O) groups excluding carboxylic acids is 1. The topological polar surface area (TPSA) is 47.9 Å². The Morgan fingerprint density at radius 2 is 1.67 bits per heavy atom. The molecule has 0 fully saturated rings. The summed E-state index contributed by atoms with van der Waals surface area (Å²) < 4.78 is 11.2. The largest absolute Gasteiger partial charge is 0.497 e. The van der Waals surface area contributed by atoms with Crippen LogP contribution in [-0.4, -0.2) is 19.0 Å². The lowest BCUT2D eigenvalue weighted by Gasteiger charge is -1.98. The zero-order valence-corrected chi connectivity index (χ0v) is 14.5. The molecule has 0 spiro atoms. The van der Waals surface area contributed by atoms with E-state index in [1.165, 1.54) is 0 Å². The monoisotopic (exact) mass is 383 g/mol. The van der Waals surface area contributed by atoms with Crippen LogP contribution in [0.25, 0.3) is 12.2 Å². The number of carbonyl (C=O) groups is 1. The molecule has 1 aliphatic heterocycles. The van der Waals surface area contributed by atoms with E-state index in [1.807, 2.05) is 54.6 Å². The second-order valence-electron chi connectivity index (χ2n) is 5.03. The number of hydrogen-bond donors (Lipinski definition) is 0. The number of aliphatic imine (C=N–C) groups is 1. The molecule has 0 atom stereocenters. The smallest absolute Gasteiger partial charge is 0.363 e. The van der Waals surface area contributed by atoms with Crippen molar-refractivity contribution in [1.29, 1.82) is 0 Å². The lowest BCUT2D eigenvalue weighted by molar-refractivity contribution is -0.129. The molecule has 120 valence electrons. The van der Waals surface area contributed by atoms with Gasteiger partial charge in [-0.15, -0.1) is 0 Å². The molecule has 0 saturated heterocycles. The first-order valence-corrected chi connectivity index (χ1v) is 8.03. The Labute approximate surface area is 148 Å². The summed E-state index contributed by atoms with van der Waals surface area (Å²) in [6.07, 6.45) is 5.19. The quantitative estimate of drug-likeness (QED) is 0.578. The summed E-state index contributed by atoms with van der Waals surface area (Å²) in [5.41, 5.74) is 2.13. The van der Waals surface area contributed by atoms with Crippen molar-refractivity contribution in [3.8, 4) is 5.75 Å². The van der Waals surface area contributed by atoms with E-state index in [2.05, 4.69) is 20.9 Å². The predicted molar refractivity (Wildman–Crippen MR) is 97.7 cm³/mol. The summed E-state index contributed by atoms with van der Waals surface area (Å²) in [7, 11) is 1.62. The highest BCUT2D eigenvalue weighted by molar-refractivity contribution is 9.10. The Morgan fingerprint density at radius 3 is 2.33 bits per heavy atom. The van der Waals surface area contributed by atoms with E-state index >= 15 is 0 Å². The second kappa shape index (κ2) is 7.27. The lowest BCUT2D eigenvalue weighted by Crippen LogP contribution is -2.01. The van der Waals surface area contributed by atoms with Gasteiger partial charge in [0.25, 0.3) is 0 Å². The number of hydrogen-bond acceptors (Lipinski definition) is 4. The molecule has 0 bridgehead atoms. The highest BCUT2D eigenvalue weighted by Gasteiger charge is 2.20. The van der Waals surface area contributed by atoms with Crippen LogP contribution in [0.3, 0.4) is 0 Å². The molecule has 3 rings (SSSR count). The number of cyclic esters (lactones) is 1. The zero-order valence-electron chi connectivity index (χ0n) is 12.9. The van der Waals surface area contributed by atoms with Gasteiger partial charge in [0.1, 0.15) is 5.75 Å². The van der Waals surface area contributed by atoms with Crippen LogP contribution in [0.15, 0.2) is 69.8 Å².